The van der Waals surface area contributed by atoms with Gasteiger partial charge in [0.2, 0.25) is 6.23 Å². The highest BCUT2D eigenvalue weighted by Gasteiger charge is 2.54. The van der Waals surface area contributed by atoms with E-state index in [9.17, 15) is 0 Å². The van der Waals surface area contributed by atoms with Gasteiger partial charge in [0.25, 0.3) is 0 Å². The Morgan fingerprint density at radius 2 is 1.52 bits per heavy atom. The van der Waals surface area contributed by atoms with Crippen LogP contribution in [0.4, 0.5) is 0 Å². The lowest BCUT2D eigenvalue weighted by Gasteiger charge is -2.51. The summed E-state index contributed by atoms with van der Waals surface area (Å²) in [6, 6.07) is 16.7. The number of para-hydroxylation sites is 1. The Morgan fingerprint density at radius 3 is 2.06 bits per heavy atom. The van der Waals surface area contributed by atoms with Gasteiger partial charge in [-0.2, -0.15) is 0 Å². The molecule has 0 heterocycles. The number of ether oxygens (including phenoxy) is 1. The van der Waals surface area contributed by atoms with Gasteiger partial charge in [0.05, 0.1) is 6.61 Å². The van der Waals surface area contributed by atoms with Crippen molar-refractivity contribution < 1.29 is 26.6 Å². The van der Waals surface area contributed by atoms with Gasteiger partial charge in [0, 0.05) is 18.9 Å². The molecule has 2 rings (SSSR count). The van der Waals surface area contributed by atoms with Gasteiger partial charge in [-0.05, 0) is 63.3 Å². The molecule has 31 heavy (non-hydrogen) atoms. The standard InChI is InChI=1S/C27H42NO2.ClH/c1-10-29-23(4)28(27(8,9)20-26(5,6)7,30-25-17-12-11-13-18-25)19-24-16-14-15-21(2)22(24)3;/h11-18,23H,10,19-20H2,1-9H3;1H/q+1;/p-1. The van der Waals surface area contributed by atoms with Crippen molar-refractivity contribution in [1.29, 1.82) is 0 Å². The van der Waals surface area contributed by atoms with Crippen molar-refractivity contribution in [3.05, 3.63) is 65.2 Å². The first kappa shape index (κ1) is 27.5. The Bertz CT molecular complexity index is 814. The molecule has 174 valence electrons. The second-order valence-electron chi connectivity index (χ2n) is 10.3. The van der Waals surface area contributed by atoms with Crippen LogP contribution in [0.3, 0.4) is 0 Å². The van der Waals surface area contributed by atoms with E-state index in [0.717, 1.165) is 18.7 Å². The number of benzene rings is 2. The summed E-state index contributed by atoms with van der Waals surface area (Å²) in [7, 11) is 0. The van der Waals surface area contributed by atoms with Gasteiger partial charge >= 0.3 is 0 Å². The smallest absolute Gasteiger partial charge is 0.229 e. The van der Waals surface area contributed by atoms with E-state index in [1.54, 1.807) is 0 Å². The van der Waals surface area contributed by atoms with Gasteiger partial charge in [-0.25, -0.2) is 0 Å². The minimum atomic E-state index is -0.196. The first-order chi connectivity index (χ1) is 13.9. The number of quaternary nitrogens is 1. The van der Waals surface area contributed by atoms with Crippen molar-refractivity contribution in [2.45, 2.75) is 87.0 Å². The molecule has 0 bridgehead atoms. The number of hydrogen-bond donors (Lipinski definition) is 0. The average Bonchev–Trinajstić information content (AvgIpc) is 2.63. The van der Waals surface area contributed by atoms with Crippen LogP contribution >= 0.6 is 0 Å². The van der Waals surface area contributed by atoms with E-state index in [4.69, 9.17) is 9.57 Å². The summed E-state index contributed by atoms with van der Waals surface area (Å²) in [4.78, 5) is 6.94. The highest BCUT2D eigenvalue weighted by atomic mass is 35.5. The maximum atomic E-state index is 6.94. The van der Waals surface area contributed by atoms with Crippen LogP contribution in [-0.4, -0.2) is 23.0 Å². The van der Waals surface area contributed by atoms with Crippen molar-refractivity contribution in [3.8, 4) is 5.75 Å². The van der Waals surface area contributed by atoms with Gasteiger partial charge in [0.1, 0.15) is 12.1 Å². The van der Waals surface area contributed by atoms with E-state index in [2.05, 4.69) is 80.5 Å². The topological polar surface area (TPSA) is 18.5 Å². The number of rotatable bonds is 9. The third-order valence-electron chi connectivity index (χ3n) is 6.12. The summed E-state index contributed by atoms with van der Waals surface area (Å²) in [5, 5.41) is 0. The number of hydrogen-bond acceptors (Lipinski definition) is 2. The average molecular weight is 448 g/mol. The van der Waals surface area contributed by atoms with Crippen LogP contribution < -0.4 is 17.2 Å². The summed E-state index contributed by atoms with van der Waals surface area (Å²) in [6.07, 6.45) is 0.863. The summed E-state index contributed by atoms with van der Waals surface area (Å²) >= 11 is 0. The van der Waals surface area contributed by atoms with Crippen LogP contribution in [0.2, 0.25) is 0 Å². The highest BCUT2D eigenvalue weighted by Crippen LogP contribution is 2.41. The molecule has 2 aromatic rings. The maximum Gasteiger partial charge on any atom is 0.229 e. The molecule has 0 saturated carbocycles. The Kier molecular flexibility index (Phi) is 9.62. The fraction of sp³-hybridized carbons (Fsp3) is 0.556. The van der Waals surface area contributed by atoms with Crippen LogP contribution in [0.5, 0.6) is 5.75 Å². The van der Waals surface area contributed by atoms with E-state index in [-0.39, 0.29) is 29.6 Å². The zero-order chi connectivity index (χ0) is 22.6. The van der Waals surface area contributed by atoms with Crippen LogP contribution in [0.1, 0.15) is 71.6 Å². The van der Waals surface area contributed by atoms with E-state index in [1.165, 1.54) is 16.7 Å². The van der Waals surface area contributed by atoms with Crippen molar-refractivity contribution in [3.63, 3.8) is 0 Å². The number of aryl methyl sites for hydroxylation is 1. The lowest BCUT2D eigenvalue weighted by Crippen LogP contribution is -3.00. The molecule has 0 aliphatic heterocycles. The molecular formula is C27H42ClNO2. The fourth-order valence-electron chi connectivity index (χ4n) is 4.76. The largest absolute Gasteiger partial charge is 1.00 e. The van der Waals surface area contributed by atoms with Crippen LogP contribution in [0, 0.1) is 19.3 Å². The second-order valence-corrected chi connectivity index (χ2v) is 10.3. The second kappa shape index (κ2) is 10.8. The molecule has 0 N–H and O–H groups in total. The van der Waals surface area contributed by atoms with E-state index < -0.39 is 0 Å². The van der Waals surface area contributed by atoms with E-state index in [1.807, 2.05) is 30.3 Å². The molecule has 0 aromatic heterocycles. The molecule has 0 saturated heterocycles. The first-order valence-electron chi connectivity index (χ1n) is 11.2. The Labute approximate surface area is 196 Å². The van der Waals surface area contributed by atoms with E-state index >= 15 is 0 Å². The van der Waals surface area contributed by atoms with Crippen molar-refractivity contribution in [1.82, 2.24) is 0 Å². The summed E-state index contributed by atoms with van der Waals surface area (Å²) in [5.41, 5.74) is 3.90. The molecule has 3 nitrogen and oxygen atoms in total. The van der Waals surface area contributed by atoms with E-state index in [0.29, 0.717) is 11.3 Å². The lowest BCUT2D eigenvalue weighted by molar-refractivity contribution is -1.15. The fourth-order valence-corrected chi connectivity index (χ4v) is 4.76. The molecule has 2 atom stereocenters. The molecule has 2 aromatic carbocycles. The predicted molar refractivity (Wildman–Crippen MR) is 126 cm³/mol. The SMILES string of the molecule is CCOC(C)[N+](Cc1cccc(C)c1C)(Oc1ccccc1)C(C)(C)CC(C)(C)C.[Cl-]. The normalized spacial score (nSPS) is 15.0. The molecule has 0 fully saturated rings. The molecule has 0 radical (unpaired) electrons. The highest BCUT2D eigenvalue weighted by molar-refractivity contribution is 5.32. The lowest BCUT2D eigenvalue weighted by atomic mass is 9.80. The number of hydroxylamine groups is 3. The summed E-state index contributed by atoms with van der Waals surface area (Å²) < 4.78 is 6.65. The van der Waals surface area contributed by atoms with Gasteiger partial charge in [-0.3, -0.25) is 0 Å². The zero-order valence-electron chi connectivity index (χ0n) is 21.0. The first-order valence-corrected chi connectivity index (χ1v) is 11.2. The summed E-state index contributed by atoms with van der Waals surface area (Å²) in [5.74, 6) is 0.872. The zero-order valence-corrected chi connectivity index (χ0v) is 21.7. The Hall–Kier alpha value is -1.55. The third-order valence-corrected chi connectivity index (χ3v) is 6.12. The molecule has 0 aliphatic carbocycles. The molecule has 4 heteroatoms. The van der Waals surface area contributed by atoms with Gasteiger partial charge in [-0.15, -0.1) is 4.65 Å². The minimum Gasteiger partial charge on any atom is -1.00 e. The van der Waals surface area contributed by atoms with Crippen LogP contribution in [0.15, 0.2) is 48.5 Å². The monoisotopic (exact) mass is 447 g/mol. The van der Waals surface area contributed by atoms with Crippen molar-refractivity contribution in [2.24, 2.45) is 5.41 Å². The predicted octanol–water partition coefficient (Wildman–Crippen LogP) is 4.22. The Morgan fingerprint density at radius 1 is 0.903 bits per heavy atom. The third kappa shape index (κ3) is 6.71. The molecule has 0 amide bonds. The van der Waals surface area contributed by atoms with Gasteiger partial charge < -0.3 is 22.0 Å². The molecular weight excluding hydrogens is 406 g/mol. The number of nitrogens with zero attached hydrogens (tertiary/aromatic N) is 1. The van der Waals surface area contributed by atoms with Crippen molar-refractivity contribution >= 4 is 0 Å². The van der Waals surface area contributed by atoms with Crippen LogP contribution in [-0.2, 0) is 11.3 Å². The molecule has 2 unspecified atom stereocenters. The van der Waals surface area contributed by atoms with Gasteiger partial charge in [0.15, 0.2) is 5.75 Å². The Balaban J connectivity index is 0.00000480. The minimum absolute atomic E-state index is 0. The van der Waals surface area contributed by atoms with Gasteiger partial charge in [-0.1, -0.05) is 57.2 Å². The quantitative estimate of drug-likeness (QED) is 0.325. The molecule has 0 aliphatic rings. The van der Waals surface area contributed by atoms with Crippen LogP contribution in [0.25, 0.3) is 0 Å². The number of halogens is 1. The summed E-state index contributed by atoms with van der Waals surface area (Å²) in [6.45, 7) is 21.5. The molecule has 0 spiro atoms. The van der Waals surface area contributed by atoms with Crippen molar-refractivity contribution in [2.75, 3.05) is 6.61 Å². The maximum absolute atomic E-state index is 6.94.